The minimum Gasteiger partial charge on any atom is -0.372 e. The Morgan fingerprint density at radius 3 is 2.76 bits per heavy atom. The molecule has 0 unspecified atom stereocenters. The van der Waals surface area contributed by atoms with Gasteiger partial charge in [-0.3, -0.25) is 4.79 Å². The van der Waals surface area contributed by atoms with Gasteiger partial charge in [-0.1, -0.05) is 18.5 Å². The monoisotopic (exact) mass is 310 g/mol. The van der Waals surface area contributed by atoms with E-state index in [4.69, 9.17) is 11.6 Å². The molecule has 116 valence electrons. The smallest absolute Gasteiger partial charge is 0.253 e. The van der Waals surface area contributed by atoms with E-state index in [9.17, 15) is 4.79 Å². The van der Waals surface area contributed by atoms with Crippen molar-refractivity contribution in [2.75, 3.05) is 32.0 Å². The number of piperidine rings is 1. The molecule has 0 atom stereocenters. The summed E-state index contributed by atoms with van der Waals surface area (Å²) in [6.07, 6.45) is 4.74. The topological polar surface area (TPSA) is 57.3 Å². The van der Waals surface area contributed by atoms with Crippen LogP contribution < -0.4 is 10.6 Å². The second-order valence-electron chi connectivity index (χ2n) is 5.39. The van der Waals surface area contributed by atoms with Gasteiger partial charge in [-0.15, -0.1) is 0 Å². The predicted octanol–water partition coefficient (Wildman–Crippen LogP) is 2.38. The Labute approximate surface area is 131 Å². The van der Waals surface area contributed by atoms with E-state index in [-0.39, 0.29) is 11.9 Å². The number of anilines is 1. The first kappa shape index (κ1) is 16.0. The fourth-order valence-electron chi connectivity index (χ4n) is 2.63. The molecule has 1 aromatic heterocycles. The molecule has 5 nitrogen and oxygen atoms in total. The molecule has 1 aliphatic rings. The van der Waals surface area contributed by atoms with Crippen LogP contribution in [0.1, 0.15) is 36.5 Å². The molecule has 1 aromatic rings. The maximum atomic E-state index is 12.2. The van der Waals surface area contributed by atoms with Crippen molar-refractivity contribution in [2.24, 2.45) is 0 Å². The minimum absolute atomic E-state index is 0.0963. The summed E-state index contributed by atoms with van der Waals surface area (Å²) in [4.78, 5) is 18.8. The lowest BCUT2D eigenvalue weighted by Gasteiger charge is -2.32. The number of nitrogens with one attached hydrogen (secondary N) is 2. The van der Waals surface area contributed by atoms with Crippen LogP contribution in [0.25, 0.3) is 0 Å². The van der Waals surface area contributed by atoms with Gasteiger partial charge in [0.15, 0.2) is 0 Å². The van der Waals surface area contributed by atoms with Crippen LogP contribution in [0.4, 0.5) is 5.82 Å². The number of hydrogen-bond donors (Lipinski definition) is 2. The van der Waals surface area contributed by atoms with Crippen molar-refractivity contribution in [3.8, 4) is 0 Å². The van der Waals surface area contributed by atoms with E-state index in [2.05, 4.69) is 27.4 Å². The standard InChI is InChI=1S/C15H23ClN4O/c1-3-6-20-7-4-12(5-8-20)19-15(21)11-9-13(16)14(17-2)18-10-11/h9-10,12H,3-8H2,1-2H3,(H,17,18)(H,19,21). The first-order chi connectivity index (χ1) is 10.1. The SMILES string of the molecule is CCCN1CCC(NC(=O)c2cnc(NC)c(Cl)c2)CC1. The highest BCUT2D eigenvalue weighted by Gasteiger charge is 2.21. The van der Waals surface area contributed by atoms with E-state index in [1.807, 2.05) is 0 Å². The highest BCUT2D eigenvalue weighted by atomic mass is 35.5. The van der Waals surface area contributed by atoms with Crippen molar-refractivity contribution in [1.82, 2.24) is 15.2 Å². The number of carbonyl (C=O) groups excluding carboxylic acids is 1. The maximum absolute atomic E-state index is 12.2. The number of rotatable bonds is 5. The van der Waals surface area contributed by atoms with Crippen LogP contribution in [0.15, 0.2) is 12.3 Å². The first-order valence-electron chi connectivity index (χ1n) is 7.50. The Balaban J connectivity index is 1.89. The molecule has 0 aliphatic carbocycles. The highest BCUT2D eigenvalue weighted by Crippen LogP contribution is 2.19. The Bertz CT molecular complexity index is 487. The van der Waals surface area contributed by atoms with E-state index < -0.39 is 0 Å². The molecule has 21 heavy (non-hydrogen) atoms. The second kappa shape index (κ2) is 7.61. The number of aromatic nitrogens is 1. The summed E-state index contributed by atoms with van der Waals surface area (Å²) in [5.74, 6) is 0.488. The molecule has 1 amide bonds. The molecule has 0 bridgehead atoms. The number of pyridine rings is 1. The number of carbonyl (C=O) groups is 1. The summed E-state index contributed by atoms with van der Waals surface area (Å²) < 4.78 is 0. The third kappa shape index (κ3) is 4.32. The summed E-state index contributed by atoms with van der Waals surface area (Å²) in [5.41, 5.74) is 0.509. The number of halogens is 1. The van der Waals surface area contributed by atoms with Crippen LogP contribution >= 0.6 is 11.6 Å². The van der Waals surface area contributed by atoms with E-state index in [1.54, 1.807) is 19.3 Å². The quantitative estimate of drug-likeness (QED) is 0.877. The summed E-state index contributed by atoms with van der Waals surface area (Å²) in [6.45, 7) is 5.44. The zero-order chi connectivity index (χ0) is 15.2. The first-order valence-corrected chi connectivity index (χ1v) is 7.88. The zero-order valence-electron chi connectivity index (χ0n) is 12.7. The number of amides is 1. The average Bonchev–Trinajstić information content (AvgIpc) is 2.49. The molecule has 2 rings (SSSR count). The van der Waals surface area contributed by atoms with Crippen molar-refractivity contribution >= 4 is 23.3 Å². The van der Waals surface area contributed by atoms with Gasteiger partial charge >= 0.3 is 0 Å². The predicted molar refractivity (Wildman–Crippen MR) is 86.0 cm³/mol. The normalized spacial score (nSPS) is 16.7. The maximum Gasteiger partial charge on any atom is 0.253 e. The van der Waals surface area contributed by atoms with Gasteiger partial charge in [0.1, 0.15) is 5.82 Å². The fraction of sp³-hybridized carbons (Fsp3) is 0.600. The van der Waals surface area contributed by atoms with E-state index in [0.29, 0.717) is 16.4 Å². The van der Waals surface area contributed by atoms with Gasteiger partial charge < -0.3 is 15.5 Å². The van der Waals surface area contributed by atoms with Crippen LogP contribution in [-0.4, -0.2) is 48.5 Å². The van der Waals surface area contributed by atoms with E-state index >= 15 is 0 Å². The largest absolute Gasteiger partial charge is 0.372 e. The lowest BCUT2D eigenvalue weighted by molar-refractivity contribution is 0.0911. The lowest BCUT2D eigenvalue weighted by atomic mass is 10.0. The van der Waals surface area contributed by atoms with Gasteiger partial charge in [0, 0.05) is 32.4 Å². The molecule has 0 spiro atoms. The van der Waals surface area contributed by atoms with E-state index in [1.165, 1.54) is 6.42 Å². The van der Waals surface area contributed by atoms with Gasteiger partial charge in [-0.05, 0) is 31.9 Å². The number of hydrogen-bond acceptors (Lipinski definition) is 4. The molecule has 0 aromatic carbocycles. The van der Waals surface area contributed by atoms with Gasteiger partial charge in [-0.2, -0.15) is 0 Å². The Kier molecular flexibility index (Phi) is 5.82. The fourth-order valence-corrected chi connectivity index (χ4v) is 2.89. The lowest BCUT2D eigenvalue weighted by Crippen LogP contribution is -2.44. The van der Waals surface area contributed by atoms with Crippen molar-refractivity contribution in [3.05, 3.63) is 22.8 Å². The van der Waals surface area contributed by atoms with Crippen LogP contribution in [0.3, 0.4) is 0 Å². The molecule has 1 aliphatic heterocycles. The molecule has 1 fully saturated rings. The van der Waals surface area contributed by atoms with Gasteiger partial charge in [0.2, 0.25) is 0 Å². The molecule has 2 N–H and O–H groups in total. The van der Waals surface area contributed by atoms with Gasteiger partial charge in [-0.25, -0.2) is 4.98 Å². The van der Waals surface area contributed by atoms with Gasteiger partial charge in [0.05, 0.1) is 10.6 Å². The molecular formula is C15H23ClN4O. The summed E-state index contributed by atoms with van der Waals surface area (Å²) in [5, 5.41) is 6.42. The van der Waals surface area contributed by atoms with Crippen molar-refractivity contribution in [3.63, 3.8) is 0 Å². The summed E-state index contributed by atoms with van der Waals surface area (Å²) in [7, 11) is 1.75. The Morgan fingerprint density at radius 2 is 2.19 bits per heavy atom. The van der Waals surface area contributed by atoms with Crippen molar-refractivity contribution in [1.29, 1.82) is 0 Å². The third-order valence-electron chi connectivity index (χ3n) is 3.80. The highest BCUT2D eigenvalue weighted by molar-refractivity contribution is 6.33. The van der Waals surface area contributed by atoms with Crippen LogP contribution in [-0.2, 0) is 0 Å². The van der Waals surface area contributed by atoms with Crippen molar-refractivity contribution < 1.29 is 4.79 Å². The summed E-state index contributed by atoms with van der Waals surface area (Å²) in [6, 6.07) is 1.90. The number of nitrogens with zero attached hydrogens (tertiary/aromatic N) is 2. The van der Waals surface area contributed by atoms with Gasteiger partial charge in [0.25, 0.3) is 5.91 Å². The summed E-state index contributed by atoms with van der Waals surface area (Å²) >= 11 is 6.06. The zero-order valence-corrected chi connectivity index (χ0v) is 13.4. The van der Waals surface area contributed by atoms with Crippen LogP contribution in [0, 0.1) is 0 Å². The molecule has 2 heterocycles. The van der Waals surface area contributed by atoms with Crippen LogP contribution in [0.5, 0.6) is 0 Å². The van der Waals surface area contributed by atoms with E-state index in [0.717, 1.165) is 32.5 Å². The second-order valence-corrected chi connectivity index (χ2v) is 5.80. The number of likely N-dealkylation sites (tertiary alicyclic amines) is 1. The Morgan fingerprint density at radius 1 is 1.48 bits per heavy atom. The molecular weight excluding hydrogens is 288 g/mol. The molecule has 1 saturated heterocycles. The van der Waals surface area contributed by atoms with Crippen LogP contribution in [0.2, 0.25) is 5.02 Å². The molecule has 0 saturated carbocycles. The van der Waals surface area contributed by atoms with Crippen molar-refractivity contribution in [2.45, 2.75) is 32.2 Å². The molecule has 0 radical (unpaired) electrons. The average molecular weight is 311 g/mol. The Hall–Kier alpha value is -1.33. The third-order valence-corrected chi connectivity index (χ3v) is 4.09. The molecule has 6 heteroatoms. The minimum atomic E-state index is -0.0963.